The number of anilines is 1. The zero-order chi connectivity index (χ0) is 13.6. The van der Waals surface area contributed by atoms with E-state index < -0.39 is 12.8 Å². The van der Waals surface area contributed by atoms with Crippen LogP contribution < -0.4 is 11.3 Å². The number of hydrogen-bond donors (Lipinski definition) is 2. The lowest BCUT2D eigenvalue weighted by Crippen LogP contribution is -2.17. The van der Waals surface area contributed by atoms with Crippen LogP contribution in [0.3, 0.4) is 0 Å². The van der Waals surface area contributed by atoms with Crippen molar-refractivity contribution in [3.05, 3.63) is 16.4 Å². The van der Waals surface area contributed by atoms with Crippen molar-refractivity contribution in [2.45, 2.75) is 17.8 Å². The molecule has 0 aliphatic carbocycles. The van der Waals surface area contributed by atoms with E-state index >= 15 is 0 Å². The Kier molecular flexibility index (Phi) is 5.48. The number of halogens is 3. The van der Waals surface area contributed by atoms with Gasteiger partial charge in [-0.05, 0) is 6.42 Å². The number of H-pyrrole nitrogens is 1. The molecule has 5 nitrogen and oxygen atoms in total. The minimum atomic E-state index is -4.30. The molecule has 0 aromatic carbocycles. The summed E-state index contributed by atoms with van der Waals surface area (Å²) in [5, 5.41) is 0.343. The highest BCUT2D eigenvalue weighted by Gasteiger charge is 2.27. The molecule has 0 saturated heterocycles. The van der Waals surface area contributed by atoms with Gasteiger partial charge in [-0.3, -0.25) is 4.79 Å². The summed E-state index contributed by atoms with van der Waals surface area (Å²) >= 11 is 1.20. The predicted molar refractivity (Wildman–Crippen MR) is 61.5 cm³/mol. The highest BCUT2D eigenvalue weighted by molar-refractivity contribution is 7.99. The fourth-order valence-corrected chi connectivity index (χ4v) is 1.84. The van der Waals surface area contributed by atoms with Crippen molar-refractivity contribution in [2.75, 3.05) is 24.7 Å². The van der Waals surface area contributed by atoms with Gasteiger partial charge in [0.1, 0.15) is 12.4 Å². The Hall–Kier alpha value is -1.22. The standard InChI is InChI=1S/C9H12F3N3O2S/c10-9(11,12)5-17-2-1-3-18-8-14-6(13)4-7(16)15-8/h4H,1-3,5H2,(H3,13,14,15,16). The zero-order valence-electron chi connectivity index (χ0n) is 9.29. The number of nitrogens with zero attached hydrogens (tertiary/aromatic N) is 1. The SMILES string of the molecule is Nc1cc(=O)[nH]c(SCCCOCC(F)(F)F)n1. The first-order valence-electron chi connectivity index (χ1n) is 5.01. The summed E-state index contributed by atoms with van der Waals surface area (Å²) in [5.41, 5.74) is 5.00. The van der Waals surface area contributed by atoms with E-state index in [1.165, 1.54) is 11.8 Å². The molecule has 0 radical (unpaired) electrons. The Morgan fingerprint density at radius 1 is 1.50 bits per heavy atom. The summed E-state index contributed by atoms with van der Waals surface area (Å²) in [7, 11) is 0. The molecular formula is C9H12F3N3O2S. The maximum atomic E-state index is 11.7. The summed E-state index contributed by atoms with van der Waals surface area (Å²) in [4.78, 5) is 17.3. The smallest absolute Gasteiger partial charge is 0.383 e. The van der Waals surface area contributed by atoms with E-state index in [1.54, 1.807) is 0 Å². The maximum absolute atomic E-state index is 11.7. The second-order valence-corrected chi connectivity index (χ2v) is 4.43. The highest BCUT2D eigenvalue weighted by atomic mass is 32.2. The maximum Gasteiger partial charge on any atom is 0.411 e. The average Bonchev–Trinajstić information content (AvgIpc) is 2.20. The Morgan fingerprint density at radius 2 is 2.22 bits per heavy atom. The molecule has 0 saturated carbocycles. The van der Waals surface area contributed by atoms with Crippen LogP contribution in [0.2, 0.25) is 0 Å². The molecule has 0 spiro atoms. The van der Waals surface area contributed by atoms with E-state index in [9.17, 15) is 18.0 Å². The number of thioether (sulfide) groups is 1. The van der Waals surface area contributed by atoms with E-state index in [2.05, 4.69) is 14.7 Å². The van der Waals surface area contributed by atoms with Crippen LogP contribution in [0, 0.1) is 0 Å². The van der Waals surface area contributed by atoms with E-state index in [4.69, 9.17) is 5.73 Å². The molecule has 3 N–H and O–H groups in total. The van der Waals surface area contributed by atoms with Gasteiger partial charge in [-0.1, -0.05) is 11.8 Å². The molecule has 0 unspecified atom stereocenters. The second-order valence-electron chi connectivity index (χ2n) is 3.35. The van der Waals surface area contributed by atoms with Gasteiger partial charge in [-0.2, -0.15) is 13.2 Å². The minimum Gasteiger partial charge on any atom is -0.383 e. The minimum absolute atomic E-state index is 0.000935. The number of hydrogen-bond acceptors (Lipinski definition) is 5. The molecule has 1 aromatic rings. The van der Waals surface area contributed by atoms with Crippen LogP contribution >= 0.6 is 11.8 Å². The van der Waals surface area contributed by atoms with E-state index in [0.717, 1.165) is 6.07 Å². The number of aromatic nitrogens is 2. The molecule has 1 rings (SSSR count). The van der Waals surface area contributed by atoms with Crippen LogP contribution in [-0.2, 0) is 4.74 Å². The van der Waals surface area contributed by atoms with Crippen molar-refractivity contribution < 1.29 is 17.9 Å². The van der Waals surface area contributed by atoms with Crippen LogP contribution in [0.5, 0.6) is 0 Å². The third-order valence-electron chi connectivity index (χ3n) is 1.68. The van der Waals surface area contributed by atoms with E-state index in [0.29, 0.717) is 17.3 Å². The van der Waals surface area contributed by atoms with E-state index in [1.807, 2.05) is 0 Å². The Balaban J connectivity index is 2.20. The van der Waals surface area contributed by atoms with Gasteiger partial charge in [0.2, 0.25) is 0 Å². The first-order chi connectivity index (χ1) is 8.37. The molecule has 0 bridgehead atoms. The zero-order valence-corrected chi connectivity index (χ0v) is 10.1. The van der Waals surface area contributed by atoms with Gasteiger partial charge in [-0.15, -0.1) is 0 Å². The molecule has 0 amide bonds. The Bertz CT molecular complexity index is 436. The van der Waals surface area contributed by atoms with Gasteiger partial charge in [0.05, 0.1) is 0 Å². The number of nitrogens with two attached hydrogens (primary N) is 1. The Labute approximate surface area is 105 Å². The lowest BCUT2D eigenvalue weighted by atomic mass is 10.5. The molecule has 0 fully saturated rings. The first kappa shape index (κ1) is 14.8. The highest BCUT2D eigenvalue weighted by Crippen LogP contribution is 2.16. The summed E-state index contributed by atoms with van der Waals surface area (Å²) in [6.07, 6.45) is -3.88. The number of nitrogen functional groups attached to an aromatic ring is 1. The number of alkyl halides is 3. The number of rotatable bonds is 6. The summed E-state index contributed by atoms with van der Waals surface area (Å²) < 4.78 is 39.6. The predicted octanol–water partition coefficient (Wildman–Crippen LogP) is 1.41. The first-order valence-corrected chi connectivity index (χ1v) is 5.99. The molecule has 102 valence electrons. The topological polar surface area (TPSA) is 81.0 Å². The van der Waals surface area contributed by atoms with Crippen molar-refractivity contribution in [1.29, 1.82) is 0 Å². The van der Waals surface area contributed by atoms with Crippen molar-refractivity contribution >= 4 is 17.6 Å². The second kappa shape index (κ2) is 6.64. The molecular weight excluding hydrogens is 271 g/mol. The van der Waals surface area contributed by atoms with Crippen LogP contribution in [0.1, 0.15) is 6.42 Å². The lowest BCUT2D eigenvalue weighted by molar-refractivity contribution is -0.173. The quantitative estimate of drug-likeness (QED) is 0.469. The van der Waals surface area contributed by atoms with Gasteiger partial charge in [-0.25, -0.2) is 4.98 Å². The summed E-state index contributed by atoms with van der Waals surface area (Å²) in [6, 6.07) is 1.15. The van der Waals surface area contributed by atoms with Crippen molar-refractivity contribution in [3.63, 3.8) is 0 Å². The van der Waals surface area contributed by atoms with Crippen LogP contribution in [0.15, 0.2) is 16.0 Å². The lowest BCUT2D eigenvalue weighted by Gasteiger charge is -2.07. The van der Waals surface area contributed by atoms with Crippen LogP contribution in [-0.4, -0.2) is 35.1 Å². The molecule has 1 heterocycles. The van der Waals surface area contributed by atoms with Crippen LogP contribution in [0.4, 0.5) is 19.0 Å². The molecule has 9 heteroatoms. The summed E-state index contributed by atoms with van der Waals surface area (Å²) in [5.74, 6) is 0.583. The van der Waals surface area contributed by atoms with Crippen molar-refractivity contribution in [1.82, 2.24) is 9.97 Å². The third-order valence-corrected chi connectivity index (χ3v) is 2.64. The van der Waals surface area contributed by atoms with Crippen molar-refractivity contribution in [2.24, 2.45) is 0 Å². The van der Waals surface area contributed by atoms with Gasteiger partial charge in [0.25, 0.3) is 5.56 Å². The van der Waals surface area contributed by atoms with Crippen LogP contribution in [0.25, 0.3) is 0 Å². The number of aromatic amines is 1. The molecule has 0 atom stereocenters. The van der Waals surface area contributed by atoms with Gasteiger partial charge in [0.15, 0.2) is 5.16 Å². The largest absolute Gasteiger partial charge is 0.411 e. The molecule has 0 aliphatic rings. The van der Waals surface area contributed by atoms with E-state index in [-0.39, 0.29) is 18.0 Å². The molecule has 0 aliphatic heterocycles. The average molecular weight is 283 g/mol. The summed E-state index contributed by atoms with van der Waals surface area (Å²) in [6.45, 7) is -1.25. The molecule has 1 aromatic heterocycles. The fourth-order valence-electron chi connectivity index (χ4n) is 1.04. The third kappa shape index (κ3) is 6.50. The van der Waals surface area contributed by atoms with Gasteiger partial charge >= 0.3 is 6.18 Å². The number of nitrogens with one attached hydrogen (secondary N) is 1. The molecule has 18 heavy (non-hydrogen) atoms. The normalized spacial score (nSPS) is 11.7. The monoisotopic (exact) mass is 283 g/mol. The van der Waals surface area contributed by atoms with Crippen molar-refractivity contribution in [3.8, 4) is 0 Å². The van der Waals surface area contributed by atoms with Gasteiger partial charge < -0.3 is 15.5 Å². The number of ether oxygens (including phenoxy) is 1. The fraction of sp³-hybridized carbons (Fsp3) is 0.556. The Morgan fingerprint density at radius 3 is 2.83 bits per heavy atom. The van der Waals surface area contributed by atoms with Gasteiger partial charge in [0, 0.05) is 18.4 Å².